The molecular formula is C17H33NO. The van der Waals surface area contributed by atoms with Crippen LogP contribution in [-0.2, 0) is 4.79 Å². The Bertz CT molecular complexity index is 252. The first kappa shape index (κ1) is 16.7. The molecule has 0 heterocycles. The number of fused-ring (bicyclic) bond motifs is 4. The Morgan fingerprint density at radius 1 is 1.05 bits per heavy atom. The normalized spacial score (nSPS) is 31.4. The van der Waals surface area contributed by atoms with Crippen LogP contribution in [0.1, 0.15) is 72.6 Å². The van der Waals surface area contributed by atoms with Crippen LogP contribution in [0.5, 0.6) is 0 Å². The summed E-state index contributed by atoms with van der Waals surface area (Å²) in [6.45, 7) is 7.91. The largest absolute Gasteiger partial charge is 0.321 e. The summed E-state index contributed by atoms with van der Waals surface area (Å²) >= 11 is 0. The van der Waals surface area contributed by atoms with Crippen molar-refractivity contribution in [1.82, 2.24) is 0 Å². The van der Waals surface area contributed by atoms with Gasteiger partial charge in [-0.05, 0) is 37.0 Å². The maximum absolute atomic E-state index is 11.9. The number of carbonyl (C=O) groups is 1. The minimum absolute atomic E-state index is 0.0903. The molecular weight excluding hydrogens is 234 g/mol. The van der Waals surface area contributed by atoms with E-state index in [0.717, 1.165) is 18.3 Å². The Morgan fingerprint density at radius 3 is 1.84 bits per heavy atom. The third-order valence-electron chi connectivity index (χ3n) is 4.82. The molecule has 0 saturated heterocycles. The highest BCUT2D eigenvalue weighted by molar-refractivity contribution is 5.85. The van der Waals surface area contributed by atoms with Crippen molar-refractivity contribution in [2.24, 2.45) is 29.4 Å². The SMILES string of the molecule is CC.CC(C)C(=O)C(N)CC1CC2CCC(CC2)C1. The van der Waals surface area contributed by atoms with Crippen LogP contribution in [0, 0.1) is 23.7 Å². The summed E-state index contributed by atoms with van der Waals surface area (Å²) in [4.78, 5) is 11.9. The predicted molar refractivity (Wildman–Crippen MR) is 82.0 cm³/mol. The molecule has 2 bridgehead atoms. The monoisotopic (exact) mass is 267 g/mol. The van der Waals surface area contributed by atoms with Gasteiger partial charge in [0, 0.05) is 5.92 Å². The summed E-state index contributed by atoms with van der Waals surface area (Å²) in [5.74, 6) is 2.92. The van der Waals surface area contributed by atoms with Crippen LogP contribution in [0.4, 0.5) is 0 Å². The van der Waals surface area contributed by atoms with Gasteiger partial charge in [-0.25, -0.2) is 0 Å². The number of hydrogen-bond donors (Lipinski definition) is 1. The van der Waals surface area contributed by atoms with Crippen LogP contribution in [-0.4, -0.2) is 11.8 Å². The van der Waals surface area contributed by atoms with Crippen LogP contribution in [0.2, 0.25) is 0 Å². The molecule has 2 nitrogen and oxygen atoms in total. The van der Waals surface area contributed by atoms with Crippen LogP contribution < -0.4 is 5.73 Å². The molecule has 1 unspecified atom stereocenters. The fourth-order valence-corrected chi connectivity index (χ4v) is 3.84. The lowest BCUT2D eigenvalue weighted by Crippen LogP contribution is -2.35. The second kappa shape index (κ2) is 8.04. The van der Waals surface area contributed by atoms with E-state index < -0.39 is 0 Å². The van der Waals surface area contributed by atoms with Crippen LogP contribution >= 0.6 is 0 Å². The van der Waals surface area contributed by atoms with E-state index in [0.29, 0.717) is 5.92 Å². The summed E-state index contributed by atoms with van der Waals surface area (Å²) in [6, 6.07) is -0.211. The third-order valence-corrected chi connectivity index (χ3v) is 4.82. The molecule has 3 rings (SSSR count). The topological polar surface area (TPSA) is 43.1 Å². The van der Waals surface area contributed by atoms with Gasteiger partial charge in [-0.15, -0.1) is 0 Å². The molecule has 0 aromatic rings. The second-order valence-electron chi connectivity index (χ2n) is 6.62. The van der Waals surface area contributed by atoms with E-state index in [1.54, 1.807) is 0 Å². The Balaban J connectivity index is 0.000000861. The fourth-order valence-electron chi connectivity index (χ4n) is 3.84. The van der Waals surface area contributed by atoms with Crippen molar-refractivity contribution < 1.29 is 4.79 Å². The van der Waals surface area contributed by atoms with Gasteiger partial charge in [-0.2, -0.15) is 0 Å². The molecule has 0 amide bonds. The molecule has 0 aliphatic heterocycles. The molecule has 3 aliphatic rings. The number of carbonyl (C=O) groups excluding carboxylic acids is 1. The Labute approximate surface area is 119 Å². The molecule has 3 aliphatic carbocycles. The minimum atomic E-state index is -0.211. The minimum Gasteiger partial charge on any atom is -0.321 e. The van der Waals surface area contributed by atoms with Gasteiger partial charge in [0.05, 0.1) is 6.04 Å². The van der Waals surface area contributed by atoms with E-state index in [4.69, 9.17) is 5.73 Å². The number of ketones is 1. The van der Waals surface area contributed by atoms with Crippen molar-refractivity contribution in [1.29, 1.82) is 0 Å². The van der Waals surface area contributed by atoms with Gasteiger partial charge >= 0.3 is 0 Å². The van der Waals surface area contributed by atoms with Crippen LogP contribution in [0.25, 0.3) is 0 Å². The fraction of sp³-hybridized carbons (Fsp3) is 0.941. The third kappa shape index (κ3) is 4.91. The lowest BCUT2D eigenvalue weighted by molar-refractivity contribution is -0.123. The first-order chi connectivity index (χ1) is 9.06. The Kier molecular flexibility index (Phi) is 7.06. The molecule has 1 atom stereocenters. The summed E-state index contributed by atoms with van der Waals surface area (Å²) in [6.07, 6.45) is 9.29. The van der Waals surface area contributed by atoms with Crippen molar-refractivity contribution in [2.75, 3.05) is 0 Å². The van der Waals surface area contributed by atoms with Crippen molar-refractivity contribution in [3.8, 4) is 0 Å². The van der Waals surface area contributed by atoms with E-state index in [1.165, 1.54) is 38.5 Å². The highest BCUT2D eigenvalue weighted by Gasteiger charge is 2.32. The number of hydrogen-bond acceptors (Lipinski definition) is 2. The molecule has 0 spiro atoms. The van der Waals surface area contributed by atoms with E-state index >= 15 is 0 Å². The number of nitrogens with two attached hydrogens (primary N) is 1. The molecule has 0 aromatic heterocycles. The standard InChI is InChI=1S/C15H27NO.C2H6/c1-10(2)15(17)14(16)9-13-7-11-3-4-12(8-13)6-5-11;1-2/h10-14H,3-9,16H2,1-2H3;1-2H3. The van der Waals surface area contributed by atoms with Crippen LogP contribution in [0.3, 0.4) is 0 Å². The van der Waals surface area contributed by atoms with Crippen LogP contribution in [0.15, 0.2) is 0 Å². The highest BCUT2D eigenvalue weighted by atomic mass is 16.1. The van der Waals surface area contributed by atoms with E-state index in [9.17, 15) is 4.79 Å². The van der Waals surface area contributed by atoms with Crippen molar-refractivity contribution in [2.45, 2.75) is 78.7 Å². The Hall–Kier alpha value is -0.370. The van der Waals surface area contributed by atoms with Crippen molar-refractivity contribution in [3.05, 3.63) is 0 Å². The van der Waals surface area contributed by atoms with Gasteiger partial charge in [-0.1, -0.05) is 53.4 Å². The van der Waals surface area contributed by atoms with Gasteiger partial charge < -0.3 is 5.73 Å². The lowest BCUT2D eigenvalue weighted by atomic mass is 9.84. The second-order valence-corrected chi connectivity index (χ2v) is 6.62. The molecule has 0 radical (unpaired) electrons. The molecule has 0 aromatic carbocycles. The molecule has 2 N–H and O–H groups in total. The molecule has 3 fully saturated rings. The first-order valence-corrected chi connectivity index (χ1v) is 8.35. The molecule has 112 valence electrons. The summed E-state index contributed by atoms with van der Waals surface area (Å²) < 4.78 is 0. The molecule has 3 saturated carbocycles. The zero-order valence-electron chi connectivity index (χ0n) is 13.3. The maximum atomic E-state index is 11.9. The van der Waals surface area contributed by atoms with Gasteiger partial charge in [-0.3, -0.25) is 4.79 Å². The van der Waals surface area contributed by atoms with Gasteiger partial charge in [0.2, 0.25) is 0 Å². The van der Waals surface area contributed by atoms with E-state index in [-0.39, 0.29) is 17.7 Å². The number of Topliss-reactive ketones (excluding diaryl/α,β-unsaturated/α-hetero) is 1. The summed E-state index contributed by atoms with van der Waals surface area (Å²) in [7, 11) is 0. The van der Waals surface area contributed by atoms with Crippen molar-refractivity contribution >= 4 is 5.78 Å². The summed E-state index contributed by atoms with van der Waals surface area (Å²) in [5.41, 5.74) is 6.06. The highest BCUT2D eigenvalue weighted by Crippen LogP contribution is 2.43. The van der Waals surface area contributed by atoms with E-state index in [1.807, 2.05) is 27.7 Å². The molecule has 2 heteroatoms. The van der Waals surface area contributed by atoms with Gasteiger partial charge in [0.25, 0.3) is 0 Å². The summed E-state index contributed by atoms with van der Waals surface area (Å²) in [5, 5.41) is 0. The zero-order chi connectivity index (χ0) is 14.4. The van der Waals surface area contributed by atoms with E-state index in [2.05, 4.69) is 0 Å². The zero-order valence-corrected chi connectivity index (χ0v) is 13.3. The van der Waals surface area contributed by atoms with Gasteiger partial charge in [0.15, 0.2) is 5.78 Å². The average molecular weight is 267 g/mol. The molecule has 19 heavy (non-hydrogen) atoms. The smallest absolute Gasteiger partial charge is 0.152 e. The first-order valence-electron chi connectivity index (χ1n) is 8.35. The maximum Gasteiger partial charge on any atom is 0.152 e. The van der Waals surface area contributed by atoms with Gasteiger partial charge in [0.1, 0.15) is 0 Å². The predicted octanol–water partition coefficient (Wildman–Crippen LogP) is 4.17. The lowest BCUT2D eigenvalue weighted by Gasteiger charge is -2.22. The van der Waals surface area contributed by atoms with Crippen molar-refractivity contribution in [3.63, 3.8) is 0 Å². The quantitative estimate of drug-likeness (QED) is 0.830. The Morgan fingerprint density at radius 2 is 1.47 bits per heavy atom. The number of rotatable bonds is 4. The average Bonchev–Trinajstić information content (AvgIpc) is 2.72.